The Labute approximate surface area is 133 Å². The predicted octanol–water partition coefficient (Wildman–Crippen LogP) is 2.41. The van der Waals surface area contributed by atoms with Gasteiger partial charge in [-0.2, -0.15) is 5.10 Å². The number of aryl methyl sites for hydroxylation is 2. The molecular weight excluding hydrogens is 294 g/mol. The summed E-state index contributed by atoms with van der Waals surface area (Å²) in [7, 11) is 0. The van der Waals surface area contributed by atoms with Crippen LogP contribution in [0.1, 0.15) is 34.4 Å². The van der Waals surface area contributed by atoms with E-state index < -0.39 is 5.60 Å². The van der Waals surface area contributed by atoms with E-state index in [1.54, 1.807) is 38.2 Å². The zero-order valence-corrected chi connectivity index (χ0v) is 13.3. The third-order valence-corrected chi connectivity index (χ3v) is 3.94. The lowest BCUT2D eigenvalue weighted by atomic mass is 9.96. The normalized spacial score (nSPS) is 13.9. The molecule has 3 N–H and O–H groups in total. The molecule has 2 heterocycles. The summed E-state index contributed by atoms with van der Waals surface area (Å²) in [5.41, 5.74) is 0.644. The van der Waals surface area contributed by atoms with Crippen molar-refractivity contribution in [1.82, 2.24) is 15.5 Å². The largest absolute Gasteiger partial charge is 0.466 e. The van der Waals surface area contributed by atoms with Gasteiger partial charge in [0, 0.05) is 10.9 Å². The Kier molecular flexibility index (Phi) is 3.69. The van der Waals surface area contributed by atoms with Crippen molar-refractivity contribution >= 4 is 16.8 Å². The number of amides is 1. The van der Waals surface area contributed by atoms with Crippen molar-refractivity contribution in [3.05, 3.63) is 53.1 Å². The predicted molar refractivity (Wildman–Crippen MR) is 86.2 cm³/mol. The molecule has 1 aromatic carbocycles. The van der Waals surface area contributed by atoms with Crippen molar-refractivity contribution in [3.63, 3.8) is 0 Å². The van der Waals surface area contributed by atoms with Gasteiger partial charge in [-0.1, -0.05) is 12.1 Å². The van der Waals surface area contributed by atoms with E-state index in [1.807, 2.05) is 13.0 Å². The van der Waals surface area contributed by atoms with Crippen LogP contribution >= 0.6 is 0 Å². The number of para-hydroxylation sites is 1. The summed E-state index contributed by atoms with van der Waals surface area (Å²) in [6.45, 7) is 5.35. The van der Waals surface area contributed by atoms with Crippen LogP contribution in [0.25, 0.3) is 10.9 Å². The van der Waals surface area contributed by atoms with Crippen molar-refractivity contribution in [1.29, 1.82) is 0 Å². The first-order chi connectivity index (χ1) is 10.9. The number of benzene rings is 1. The molecular formula is C17H19N3O3. The molecule has 0 aliphatic rings. The molecule has 0 fully saturated rings. The van der Waals surface area contributed by atoms with E-state index in [0.717, 1.165) is 11.1 Å². The Hall–Kier alpha value is -2.60. The molecule has 23 heavy (non-hydrogen) atoms. The summed E-state index contributed by atoms with van der Waals surface area (Å²) >= 11 is 0. The number of aromatic nitrogens is 2. The summed E-state index contributed by atoms with van der Waals surface area (Å²) in [5.74, 6) is 1.11. The molecule has 3 rings (SSSR count). The molecule has 6 heteroatoms. The lowest BCUT2D eigenvalue weighted by Gasteiger charge is -2.23. The van der Waals surface area contributed by atoms with Crippen LogP contribution in [0.4, 0.5) is 0 Å². The molecule has 0 saturated carbocycles. The monoisotopic (exact) mass is 313 g/mol. The Balaban J connectivity index is 1.78. The average molecular weight is 313 g/mol. The van der Waals surface area contributed by atoms with E-state index in [-0.39, 0.29) is 12.5 Å². The van der Waals surface area contributed by atoms with Crippen molar-refractivity contribution in [2.75, 3.05) is 6.54 Å². The second-order valence-corrected chi connectivity index (χ2v) is 5.92. The molecule has 6 nitrogen and oxygen atoms in total. The first kappa shape index (κ1) is 15.3. The van der Waals surface area contributed by atoms with Crippen molar-refractivity contribution < 1.29 is 14.3 Å². The van der Waals surface area contributed by atoms with Gasteiger partial charge in [-0.15, -0.1) is 0 Å². The molecule has 1 amide bonds. The minimum absolute atomic E-state index is 0.0795. The molecule has 1 unspecified atom stereocenters. The number of hydrogen-bond donors (Lipinski definition) is 3. The Morgan fingerprint density at radius 3 is 2.91 bits per heavy atom. The second kappa shape index (κ2) is 5.55. The summed E-state index contributed by atoms with van der Waals surface area (Å²) in [5, 5.41) is 21.1. The number of furan rings is 1. The van der Waals surface area contributed by atoms with Gasteiger partial charge in [-0.3, -0.25) is 9.89 Å². The molecule has 0 aliphatic heterocycles. The number of nitrogens with one attached hydrogen (secondary N) is 2. The van der Waals surface area contributed by atoms with Gasteiger partial charge in [0.05, 0.1) is 23.8 Å². The highest BCUT2D eigenvalue weighted by molar-refractivity contribution is 6.05. The SMILES string of the molecule is Cc1cc(C(C)(O)CNC(=O)c2cccc3cn[nH]c23)c(C)o1. The zero-order valence-electron chi connectivity index (χ0n) is 13.3. The highest BCUT2D eigenvalue weighted by atomic mass is 16.3. The van der Waals surface area contributed by atoms with Gasteiger partial charge in [-0.25, -0.2) is 0 Å². The van der Waals surface area contributed by atoms with Crippen LogP contribution in [-0.2, 0) is 5.60 Å². The van der Waals surface area contributed by atoms with Crippen LogP contribution < -0.4 is 5.32 Å². The summed E-state index contributed by atoms with van der Waals surface area (Å²) in [4.78, 5) is 12.4. The number of nitrogens with zero attached hydrogens (tertiary/aromatic N) is 1. The number of carbonyl (C=O) groups is 1. The topological polar surface area (TPSA) is 91.1 Å². The third-order valence-electron chi connectivity index (χ3n) is 3.94. The quantitative estimate of drug-likeness (QED) is 0.690. The molecule has 0 aliphatic carbocycles. The van der Waals surface area contributed by atoms with Crippen LogP contribution in [-0.4, -0.2) is 27.8 Å². The number of rotatable bonds is 4. The van der Waals surface area contributed by atoms with E-state index >= 15 is 0 Å². The maximum Gasteiger partial charge on any atom is 0.253 e. The molecule has 3 aromatic rings. The van der Waals surface area contributed by atoms with Crippen LogP contribution in [0, 0.1) is 13.8 Å². The highest BCUT2D eigenvalue weighted by Gasteiger charge is 2.28. The summed E-state index contributed by atoms with van der Waals surface area (Å²) in [6, 6.07) is 7.19. The van der Waals surface area contributed by atoms with E-state index in [9.17, 15) is 9.90 Å². The number of carbonyl (C=O) groups excluding carboxylic acids is 1. The molecule has 0 saturated heterocycles. The lowest BCUT2D eigenvalue weighted by Crippen LogP contribution is -2.38. The Morgan fingerprint density at radius 1 is 1.43 bits per heavy atom. The number of aromatic amines is 1. The fourth-order valence-corrected chi connectivity index (χ4v) is 2.77. The van der Waals surface area contributed by atoms with Crippen molar-refractivity contribution in [3.8, 4) is 0 Å². The Morgan fingerprint density at radius 2 is 2.22 bits per heavy atom. The van der Waals surface area contributed by atoms with Gasteiger partial charge < -0.3 is 14.8 Å². The Bertz CT molecular complexity index is 861. The standard InChI is InChI=1S/C17H19N3O3/c1-10-7-14(11(2)23-10)17(3,22)9-18-16(21)13-6-4-5-12-8-19-20-15(12)13/h4-8,22H,9H2,1-3H3,(H,18,21)(H,19,20). The fourth-order valence-electron chi connectivity index (χ4n) is 2.77. The highest BCUT2D eigenvalue weighted by Crippen LogP contribution is 2.26. The number of H-pyrrole nitrogens is 1. The van der Waals surface area contributed by atoms with Gasteiger partial charge in [0.1, 0.15) is 17.1 Å². The molecule has 0 radical (unpaired) electrons. The lowest BCUT2D eigenvalue weighted by molar-refractivity contribution is 0.0514. The first-order valence-corrected chi connectivity index (χ1v) is 7.38. The molecule has 2 aromatic heterocycles. The van der Waals surface area contributed by atoms with Gasteiger partial charge in [0.25, 0.3) is 5.91 Å². The van der Waals surface area contributed by atoms with Crippen molar-refractivity contribution in [2.45, 2.75) is 26.4 Å². The minimum atomic E-state index is -1.21. The van der Waals surface area contributed by atoms with Gasteiger partial charge >= 0.3 is 0 Å². The van der Waals surface area contributed by atoms with Gasteiger partial charge in [-0.05, 0) is 32.9 Å². The van der Waals surface area contributed by atoms with Crippen LogP contribution in [0.2, 0.25) is 0 Å². The molecule has 1 atom stereocenters. The van der Waals surface area contributed by atoms with E-state index in [4.69, 9.17) is 4.42 Å². The average Bonchev–Trinajstić information content (AvgIpc) is 3.10. The molecule has 0 bridgehead atoms. The number of fused-ring (bicyclic) bond motifs is 1. The minimum Gasteiger partial charge on any atom is -0.466 e. The molecule has 0 spiro atoms. The maximum absolute atomic E-state index is 12.4. The van der Waals surface area contributed by atoms with E-state index in [1.165, 1.54) is 0 Å². The second-order valence-electron chi connectivity index (χ2n) is 5.92. The van der Waals surface area contributed by atoms with E-state index in [0.29, 0.717) is 22.4 Å². The number of aliphatic hydroxyl groups is 1. The van der Waals surface area contributed by atoms with Crippen LogP contribution in [0.5, 0.6) is 0 Å². The summed E-state index contributed by atoms with van der Waals surface area (Å²) in [6.07, 6.45) is 1.67. The fraction of sp³-hybridized carbons (Fsp3) is 0.294. The summed E-state index contributed by atoms with van der Waals surface area (Å²) < 4.78 is 5.45. The first-order valence-electron chi connectivity index (χ1n) is 7.38. The number of hydrogen-bond acceptors (Lipinski definition) is 4. The van der Waals surface area contributed by atoms with Gasteiger partial charge in [0.15, 0.2) is 0 Å². The zero-order chi connectivity index (χ0) is 16.6. The maximum atomic E-state index is 12.4. The van der Waals surface area contributed by atoms with Crippen LogP contribution in [0.15, 0.2) is 34.9 Å². The van der Waals surface area contributed by atoms with Gasteiger partial charge in [0.2, 0.25) is 0 Å². The van der Waals surface area contributed by atoms with Crippen LogP contribution in [0.3, 0.4) is 0 Å². The third kappa shape index (κ3) is 2.85. The van der Waals surface area contributed by atoms with E-state index in [2.05, 4.69) is 15.5 Å². The van der Waals surface area contributed by atoms with Crippen molar-refractivity contribution in [2.24, 2.45) is 0 Å². The molecule has 120 valence electrons. The smallest absolute Gasteiger partial charge is 0.253 e.